The number of fused-ring (bicyclic) bond motifs is 1. The van der Waals surface area contributed by atoms with Gasteiger partial charge in [0.1, 0.15) is 6.04 Å². The highest BCUT2D eigenvalue weighted by Crippen LogP contribution is 2.35. The van der Waals surface area contributed by atoms with Crippen molar-refractivity contribution in [3.05, 3.63) is 69.2 Å². The van der Waals surface area contributed by atoms with Crippen molar-refractivity contribution in [2.24, 2.45) is 5.73 Å². The second-order valence-corrected chi connectivity index (χ2v) is 9.29. The predicted octanol–water partition coefficient (Wildman–Crippen LogP) is 5.68. The molecule has 2 heterocycles. The summed E-state index contributed by atoms with van der Waals surface area (Å²) in [4.78, 5) is 24.9. The number of alkyl halides is 6. The van der Waals surface area contributed by atoms with Gasteiger partial charge < -0.3 is 5.73 Å². The van der Waals surface area contributed by atoms with Crippen LogP contribution in [0.15, 0.2) is 47.5 Å². The third-order valence-corrected chi connectivity index (χ3v) is 6.48. The summed E-state index contributed by atoms with van der Waals surface area (Å²) in [7, 11) is 0. The average Bonchev–Trinajstić information content (AvgIpc) is 3.29. The van der Waals surface area contributed by atoms with Crippen LogP contribution in [0.25, 0.3) is 17.0 Å². The first kappa shape index (κ1) is 26.0. The molecule has 1 unspecified atom stereocenters. The lowest BCUT2D eigenvalue weighted by atomic mass is 10.1. The summed E-state index contributed by atoms with van der Waals surface area (Å²) in [5.41, 5.74) is 5.06. The van der Waals surface area contributed by atoms with Crippen LogP contribution in [-0.2, 0) is 17.5 Å². The van der Waals surface area contributed by atoms with Crippen molar-refractivity contribution < 1.29 is 35.9 Å². The van der Waals surface area contributed by atoms with Crippen LogP contribution in [0.3, 0.4) is 0 Å². The van der Waals surface area contributed by atoms with E-state index < -0.39 is 41.6 Å². The maximum absolute atomic E-state index is 13.4. The molecule has 2 N–H and O–H groups in total. The first-order valence-electron chi connectivity index (χ1n) is 10.1. The van der Waals surface area contributed by atoms with Gasteiger partial charge in [0.05, 0.1) is 35.3 Å². The van der Waals surface area contributed by atoms with Gasteiger partial charge in [-0.1, -0.05) is 23.7 Å². The Kier molecular flexibility index (Phi) is 6.84. The molecule has 0 spiro atoms. The number of amides is 2. The Morgan fingerprint density at radius 3 is 2.47 bits per heavy atom. The van der Waals surface area contributed by atoms with E-state index in [2.05, 4.69) is 5.10 Å². The zero-order valence-electron chi connectivity index (χ0n) is 17.9. The highest BCUT2D eigenvalue weighted by atomic mass is 35.5. The van der Waals surface area contributed by atoms with Crippen LogP contribution >= 0.6 is 23.4 Å². The third-order valence-electron chi connectivity index (χ3n) is 5.33. The quantitative estimate of drug-likeness (QED) is 0.328. The van der Waals surface area contributed by atoms with E-state index in [9.17, 15) is 35.9 Å². The molecule has 4 rings (SSSR count). The number of aromatic nitrogens is 2. The van der Waals surface area contributed by atoms with Crippen molar-refractivity contribution in [3.63, 3.8) is 0 Å². The molecular weight excluding hydrogens is 534 g/mol. The molecule has 1 saturated heterocycles. The van der Waals surface area contributed by atoms with Crippen LogP contribution in [0.5, 0.6) is 0 Å². The van der Waals surface area contributed by atoms with Crippen LogP contribution in [0.2, 0.25) is 5.02 Å². The Hall–Kier alpha value is -3.03. The highest BCUT2D eigenvalue weighted by molar-refractivity contribution is 8.18. The summed E-state index contributed by atoms with van der Waals surface area (Å²) in [5, 5.41) is 3.75. The standard InChI is InChI=1S/C22H15ClF6N4O2S/c23-14-3-2-12(15(7-14)21(24,25)26)9-33-16-4-1-11(5-13(16)8-31-33)6-17-19(34)32(20(35)36-17)10-18(30)22(27,28)29/h1-8,18H,9-10,30H2/b17-6-. The topological polar surface area (TPSA) is 81.2 Å². The first-order valence-corrected chi connectivity index (χ1v) is 11.3. The lowest BCUT2D eigenvalue weighted by Gasteiger charge is -2.20. The molecule has 1 aromatic heterocycles. The lowest BCUT2D eigenvalue weighted by Crippen LogP contribution is -2.48. The molecule has 0 radical (unpaired) electrons. The van der Waals surface area contributed by atoms with E-state index in [1.54, 1.807) is 18.2 Å². The Balaban J connectivity index is 1.58. The molecule has 0 aliphatic carbocycles. The third kappa shape index (κ3) is 5.37. The van der Waals surface area contributed by atoms with Gasteiger partial charge in [0.15, 0.2) is 0 Å². The zero-order valence-corrected chi connectivity index (χ0v) is 19.5. The molecule has 1 atom stereocenters. The molecular formula is C22H15ClF6N4O2S. The predicted molar refractivity (Wildman–Crippen MR) is 122 cm³/mol. The Labute approximate surface area is 208 Å². The molecule has 1 fully saturated rings. The largest absolute Gasteiger partial charge is 0.416 e. The fourth-order valence-electron chi connectivity index (χ4n) is 3.54. The summed E-state index contributed by atoms with van der Waals surface area (Å²) in [5.74, 6) is -0.900. The highest BCUT2D eigenvalue weighted by Gasteiger charge is 2.43. The van der Waals surface area contributed by atoms with Gasteiger partial charge in [0, 0.05) is 10.4 Å². The van der Waals surface area contributed by atoms with Gasteiger partial charge in [0.25, 0.3) is 11.1 Å². The van der Waals surface area contributed by atoms with E-state index in [-0.39, 0.29) is 22.0 Å². The normalized spacial score (nSPS) is 17.0. The zero-order chi connectivity index (χ0) is 26.4. The van der Waals surface area contributed by atoms with Crippen molar-refractivity contribution in [1.29, 1.82) is 0 Å². The fraction of sp³-hybridized carbons (Fsp3) is 0.227. The molecule has 1 aliphatic heterocycles. The number of hydrogen-bond acceptors (Lipinski definition) is 5. The molecule has 190 valence electrons. The number of benzene rings is 2. The molecule has 2 amide bonds. The average molecular weight is 549 g/mol. The molecule has 6 nitrogen and oxygen atoms in total. The molecule has 0 saturated carbocycles. The van der Waals surface area contributed by atoms with Gasteiger partial charge >= 0.3 is 12.4 Å². The summed E-state index contributed by atoms with van der Waals surface area (Å²) < 4.78 is 79.8. The maximum atomic E-state index is 13.4. The van der Waals surface area contributed by atoms with Gasteiger partial charge in [-0.2, -0.15) is 31.4 Å². The molecule has 2 aromatic carbocycles. The Bertz CT molecular complexity index is 1390. The second-order valence-electron chi connectivity index (χ2n) is 7.86. The van der Waals surface area contributed by atoms with Crippen molar-refractivity contribution in [3.8, 4) is 0 Å². The van der Waals surface area contributed by atoms with Crippen LogP contribution in [0.1, 0.15) is 16.7 Å². The number of rotatable bonds is 5. The van der Waals surface area contributed by atoms with Crippen molar-refractivity contribution in [1.82, 2.24) is 14.7 Å². The van der Waals surface area contributed by atoms with E-state index in [0.717, 1.165) is 6.07 Å². The monoisotopic (exact) mass is 548 g/mol. The van der Waals surface area contributed by atoms with E-state index in [0.29, 0.717) is 33.1 Å². The molecule has 1 aliphatic rings. The van der Waals surface area contributed by atoms with Crippen LogP contribution in [0, 0.1) is 0 Å². The molecule has 0 bridgehead atoms. The summed E-state index contributed by atoms with van der Waals surface area (Å²) in [6, 6.07) is 5.80. The lowest BCUT2D eigenvalue weighted by molar-refractivity contribution is -0.151. The summed E-state index contributed by atoms with van der Waals surface area (Å²) >= 11 is 6.21. The minimum absolute atomic E-state index is 0.0354. The minimum Gasteiger partial charge on any atom is -0.319 e. The smallest absolute Gasteiger partial charge is 0.319 e. The van der Waals surface area contributed by atoms with Crippen LogP contribution < -0.4 is 5.73 Å². The first-order chi connectivity index (χ1) is 16.7. The molecule has 14 heteroatoms. The molecule has 36 heavy (non-hydrogen) atoms. The van der Waals surface area contributed by atoms with Crippen LogP contribution in [-0.4, -0.2) is 44.6 Å². The van der Waals surface area contributed by atoms with E-state index in [4.69, 9.17) is 17.3 Å². The number of imide groups is 1. The van der Waals surface area contributed by atoms with Crippen molar-refractivity contribution >= 4 is 51.5 Å². The SMILES string of the molecule is NC(CN1C(=O)S/C(=C\c2ccc3c(cnn3Cc3ccc(Cl)cc3C(F)(F)F)c2)C1=O)C(F)(F)F. The van der Waals surface area contributed by atoms with E-state index >= 15 is 0 Å². The maximum Gasteiger partial charge on any atom is 0.416 e. The Morgan fingerprint density at radius 2 is 1.81 bits per heavy atom. The molecule has 3 aromatic rings. The number of halogens is 7. The van der Waals surface area contributed by atoms with Gasteiger partial charge in [-0.05, 0) is 53.2 Å². The summed E-state index contributed by atoms with van der Waals surface area (Å²) in [6.45, 7) is -1.19. The van der Waals surface area contributed by atoms with Gasteiger partial charge in [-0.25, -0.2) is 0 Å². The van der Waals surface area contributed by atoms with E-state index in [1.807, 2.05) is 0 Å². The van der Waals surface area contributed by atoms with Crippen molar-refractivity contribution in [2.75, 3.05) is 6.54 Å². The number of nitrogens with zero attached hydrogens (tertiary/aromatic N) is 3. The number of nitrogens with two attached hydrogens (primary N) is 1. The second kappa shape index (κ2) is 9.45. The number of hydrogen-bond donors (Lipinski definition) is 1. The van der Waals surface area contributed by atoms with Crippen LogP contribution in [0.4, 0.5) is 31.1 Å². The number of thioether (sulfide) groups is 1. The summed E-state index contributed by atoms with van der Waals surface area (Å²) in [6.07, 6.45) is -6.62. The Morgan fingerprint density at radius 1 is 1.08 bits per heavy atom. The fourth-order valence-corrected chi connectivity index (χ4v) is 4.56. The van der Waals surface area contributed by atoms with E-state index in [1.165, 1.54) is 29.1 Å². The van der Waals surface area contributed by atoms with Gasteiger partial charge in [-0.15, -0.1) is 0 Å². The number of carbonyl (C=O) groups excluding carboxylic acids is 2. The van der Waals surface area contributed by atoms with Gasteiger partial charge in [-0.3, -0.25) is 19.2 Å². The number of carbonyl (C=O) groups is 2. The van der Waals surface area contributed by atoms with Crippen molar-refractivity contribution in [2.45, 2.75) is 24.9 Å². The minimum atomic E-state index is -4.77. The van der Waals surface area contributed by atoms with Gasteiger partial charge in [0.2, 0.25) is 0 Å².